The summed E-state index contributed by atoms with van der Waals surface area (Å²) < 4.78 is 27.9. The molecular weight excluding hydrogens is 342 g/mol. The average Bonchev–Trinajstić information content (AvgIpc) is 2.34. The number of nitrogens with two attached hydrogens (primary N) is 1. The molecule has 0 saturated heterocycles. The average molecular weight is 356 g/mol. The van der Waals surface area contributed by atoms with E-state index in [0.717, 1.165) is 11.1 Å². The van der Waals surface area contributed by atoms with E-state index in [9.17, 15) is 8.42 Å². The van der Waals surface area contributed by atoms with Gasteiger partial charge in [0.05, 0.1) is 5.69 Å². The first-order valence-electron chi connectivity index (χ1n) is 5.81. The number of sulfonamides is 1. The van der Waals surface area contributed by atoms with E-state index in [2.05, 4.69) is 25.6 Å². The Hall–Kier alpha value is -1.60. The number of aromatic nitrogens is 1. The molecule has 0 amide bonds. The maximum absolute atomic E-state index is 12.4. The van der Waals surface area contributed by atoms with Crippen LogP contribution in [0.1, 0.15) is 11.1 Å². The van der Waals surface area contributed by atoms with Gasteiger partial charge in [-0.25, -0.2) is 13.4 Å². The molecule has 2 rings (SSSR count). The van der Waals surface area contributed by atoms with Crippen LogP contribution in [0.5, 0.6) is 0 Å². The summed E-state index contributed by atoms with van der Waals surface area (Å²) in [5, 5.41) is 0. The first-order valence-corrected chi connectivity index (χ1v) is 8.09. The fourth-order valence-corrected chi connectivity index (χ4v) is 4.00. The van der Waals surface area contributed by atoms with Gasteiger partial charge < -0.3 is 5.73 Å². The van der Waals surface area contributed by atoms with E-state index >= 15 is 0 Å². The minimum Gasteiger partial charge on any atom is -0.383 e. The second kappa shape index (κ2) is 5.41. The third-order valence-corrected chi connectivity index (χ3v) is 4.78. The highest BCUT2D eigenvalue weighted by Gasteiger charge is 2.20. The van der Waals surface area contributed by atoms with E-state index in [4.69, 9.17) is 5.73 Å². The Balaban J connectivity index is 2.47. The molecular formula is C13H14BrN3O2S. The highest BCUT2D eigenvalue weighted by Crippen LogP contribution is 2.30. The number of hydrogen-bond donors (Lipinski definition) is 2. The topological polar surface area (TPSA) is 85.1 Å². The van der Waals surface area contributed by atoms with E-state index < -0.39 is 10.0 Å². The molecule has 0 unspecified atom stereocenters. The van der Waals surface area contributed by atoms with Crippen molar-refractivity contribution in [3.05, 3.63) is 46.1 Å². The molecule has 1 heterocycles. The first-order chi connectivity index (χ1) is 9.31. The van der Waals surface area contributed by atoms with Crippen LogP contribution in [0.3, 0.4) is 0 Å². The second-order valence-corrected chi connectivity index (χ2v) is 6.94. The molecule has 5 nitrogen and oxygen atoms in total. The Labute approximate surface area is 126 Å². The summed E-state index contributed by atoms with van der Waals surface area (Å²) in [6, 6.07) is 6.69. The van der Waals surface area contributed by atoms with Gasteiger partial charge in [-0.05, 0) is 59.1 Å². The van der Waals surface area contributed by atoms with Gasteiger partial charge in [0.15, 0.2) is 0 Å². The molecule has 0 aliphatic heterocycles. The van der Waals surface area contributed by atoms with Gasteiger partial charge in [-0.3, -0.25) is 4.72 Å². The molecule has 0 aliphatic rings. The predicted octanol–water partition coefficient (Wildman–Crippen LogP) is 2.84. The minimum atomic E-state index is -3.77. The van der Waals surface area contributed by atoms with Crippen molar-refractivity contribution in [3.8, 4) is 0 Å². The van der Waals surface area contributed by atoms with E-state index in [-0.39, 0.29) is 10.7 Å². The normalized spacial score (nSPS) is 11.3. The van der Waals surface area contributed by atoms with Crippen molar-refractivity contribution in [1.82, 2.24) is 4.98 Å². The number of nitrogen functional groups attached to an aromatic ring is 1. The summed E-state index contributed by atoms with van der Waals surface area (Å²) in [5.41, 5.74) is 7.98. The molecule has 2 aromatic rings. The lowest BCUT2D eigenvalue weighted by Crippen LogP contribution is -2.16. The zero-order valence-electron chi connectivity index (χ0n) is 11.0. The summed E-state index contributed by atoms with van der Waals surface area (Å²) in [5.74, 6) is -0.0270. The van der Waals surface area contributed by atoms with Crippen LogP contribution in [0.25, 0.3) is 0 Å². The lowest BCUT2D eigenvalue weighted by molar-refractivity contribution is 0.601. The van der Waals surface area contributed by atoms with Gasteiger partial charge in [-0.15, -0.1) is 0 Å². The molecule has 1 aromatic heterocycles. The first kappa shape index (κ1) is 14.8. The summed E-state index contributed by atoms with van der Waals surface area (Å²) in [7, 11) is -3.77. The Morgan fingerprint density at radius 2 is 2.00 bits per heavy atom. The summed E-state index contributed by atoms with van der Waals surface area (Å²) in [6.45, 7) is 3.78. The van der Waals surface area contributed by atoms with Gasteiger partial charge in [-0.1, -0.05) is 6.07 Å². The van der Waals surface area contributed by atoms with Crippen LogP contribution < -0.4 is 10.5 Å². The molecule has 0 bridgehead atoms. The molecule has 7 heteroatoms. The molecule has 0 spiro atoms. The Bertz CT molecular complexity index is 737. The quantitative estimate of drug-likeness (QED) is 0.886. The molecule has 20 heavy (non-hydrogen) atoms. The van der Waals surface area contributed by atoms with Crippen LogP contribution in [0.15, 0.2) is 39.8 Å². The molecule has 1 aromatic carbocycles. The molecule has 106 valence electrons. The SMILES string of the molecule is Cc1cc(C)c(NS(=O)(=O)c2cccnc2N)c(Br)c1. The lowest BCUT2D eigenvalue weighted by Gasteiger charge is -2.14. The van der Waals surface area contributed by atoms with Crippen LogP contribution in [0.2, 0.25) is 0 Å². The Morgan fingerprint density at radius 1 is 1.30 bits per heavy atom. The van der Waals surface area contributed by atoms with Crippen LogP contribution in [-0.4, -0.2) is 13.4 Å². The van der Waals surface area contributed by atoms with Gasteiger partial charge in [-0.2, -0.15) is 0 Å². The molecule has 0 fully saturated rings. The van der Waals surface area contributed by atoms with Crippen molar-refractivity contribution in [2.45, 2.75) is 18.7 Å². The number of rotatable bonds is 3. The highest BCUT2D eigenvalue weighted by molar-refractivity contribution is 9.10. The summed E-state index contributed by atoms with van der Waals surface area (Å²) >= 11 is 3.37. The van der Waals surface area contributed by atoms with Gasteiger partial charge in [0.25, 0.3) is 10.0 Å². The fraction of sp³-hybridized carbons (Fsp3) is 0.154. The second-order valence-electron chi connectivity index (χ2n) is 4.43. The third-order valence-electron chi connectivity index (χ3n) is 2.76. The van der Waals surface area contributed by atoms with E-state index in [1.807, 2.05) is 26.0 Å². The van der Waals surface area contributed by atoms with E-state index in [1.54, 1.807) is 0 Å². The van der Waals surface area contributed by atoms with Crippen LogP contribution >= 0.6 is 15.9 Å². The largest absolute Gasteiger partial charge is 0.383 e. The zero-order chi connectivity index (χ0) is 14.9. The van der Waals surface area contributed by atoms with Crippen molar-refractivity contribution in [2.75, 3.05) is 10.5 Å². The highest BCUT2D eigenvalue weighted by atomic mass is 79.9. The predicted molar refractivity (Wildman–Crippen MR) is 83.1 cm³/mol. The number of halogens is 1. The summed E-state index contributed by atoms with van der Waals surface area (Å²) in [4.78, 5) is 3.76. The Morgan fingerprint density at radius 3 is 2.60 bits per heavy atom. The molecule has 0 saturated carbocycles. The van der Waals surface area contributed by atoms with Gasteiger partial charge >= 0.3 is 0 Å². The van der Waals surface area contributed by atoms with Crippen molar-refractivity contribution in [3.63, 3.8) is 0 Å². The van der Waals surface area contributed by atoms with Gasteiger partial charge in [0.1, 0.15) is 10.7 Å². The standard InChI is InChI=1S/C13H14BrN3O2S/c1-8-6-9(2)12(10(14)7-8)17-20(18,19)11-4-3-5-16-13(11)15/h3-7,17H,1-2H3,(H2,15,16). The minimum absolute atomic E-state index is 0.0270. The van der Waals surface area contributed by atoms with Gasteiger partial charge in [0, 0.05) is 10.7 Å². The fourth-order valence-electron chi connectivity index (χ4n) is 1.86. The number of anilines is 2. The van der Waals surface area contributed by atoms with Crippen molar-refractivity contribution in [1.29, 1.82) is 0 Å². The monoisotopic (exact) mass is 355 g/mol. The number of aryl methyl sites for hydroxylation is 2. The number of nitrogens with zero attached hydrogens (tertiary/aromatic N) is 1. The van der Waals surface area contributed by atoms with Crippen LogP contribution in [0, 0.1) is 13.8 Å². The van der Waals surface area contributed by atoms with E-state index in [1.165, 1.54) is 18.3 Å². The zero-order valence-corrected chi connectivity index (χ0v) is 13.4. The van der Waals surface area contributed by atoms with Crippen molar-refractivity contribution >= 4 is 37.5 Å². The number of hydrogen-bond acceptors (Lipinski definition) is 4. The lowest BCUT2D eigenvalue weighted by atomic mass is 10.1. The summed E-state index contributed by atoms with van der Waals surface area (Å²) in [6.07, 6.45) is 1.45. The van der Waals surface area contributed by atoms with Gasteiger partial charge in [0.2, 0.25) is 0 Å². The molecule has 0 atom stereocenters. The number of nitrogens with one attached hydrogen (secondary N) is 1. The Kier molecular flexibility index (Phi) is 4.01. The smallest absolute Gasteiger partial charge is 0.265 e. The van der Waals surface area contributed by atoms with E-state index in [0.29, 0.717) is 10.2 Å². The van der Waals surface area contributed by atoms with Crippen molar-refractivity contribution in [2.24, 2.45) is 0 Å². The third kappa shape index (κ3) is 2.94. The molecule has 3 N–H and O–H groups in total. The number of pyridine rings is 1. The maximum atomic E-state index is 12.4. The van der Waals surface area contributed by atoms with Crippen molar-refractivity contribution < 1.29 is 8.42 Å². The van der Waals surface area contributed by atoms with Crippen LogP contribution in [0.4, 0.5) is 11.5 Å². The van der Waals surface area contributed by atoms with Crippen LogP contribution in [-0.2, 0) is 10.0 Å². The molecule has 0 radical (unpaired) electrons. The maximum Gasteiger partial charge on any atom is 0.265 e. The number of benzene rings is 1. The molecule has 0 aliphatic carbocycles.